The Morgan fingerprint density at radius 2 is 1.79 bits per heavy atom. The predicted molar refractivity (Wildman–Crippen MR) is 90.9 cm³/mol. The Morgan fingerprint density at radius 3 is 2.46 bits per heavy atom. The van der Waals surface area contributed by atoms with E-state index in [1.165, 1.54) is 11.1 Å². The summed E-state index contributed by atoms with van der Waals surface area (Å²) in [4.78, 5) is 29.9. The summed E-state index contributed by atoms with van der Waals surface area (Å²) in [6.07, 6.45) is 3.18. The van der Waals surface area contributed by atoms with Gasteiger partial charge >= 0.3 is 0 Å². The molecular weight excluding hydrogens is 306 g/mol. The average Bonchev–Trinajstić information content (AvgIpc) is 2.95. The minimum Gasteiger partial charge on any atom is -0.345 e. The first-order valence-corrected chi connectivity index (χ1v) is 7.36. The maximum atomic E-state index is 12.3. The van der Waals surface area contributed by atoms with Gasteiger partial charge in [-0.05, 0) is 30.3 Å². The number of carbonyl (C=O) groups is 2. The maximum absolute atomic E-state index is 12.3. The Kier molecular flexibility index (Phi) is 3.99. The Balaban J connectivity index is 1.77. The number of aryl methyl sites for hydroxylation is 1. The average molecular weight is 323 g/mol. The molecule has 1 N–H and O–H groups in total. The van der Waals surface area contributed by atoms with E-state index < -0.39 is 0 Å². The number of benzene rings is 1. The zero-order valence-corrected chi connectivity index (χ0v) is 13.6. The number of hydrogen-bond donors (Lipinski definition) is 1. The largest absolute Gasteiger partial charge is 0.345 e. The fraction of sp³-hybridized carbons (Fsp3) is 0.176. The van der Waals surface area contributed by atoms with Crippen molar-refractivity contribution >= 4 is 28.5 Å². The van der Waals surface area contributed by atoms with E-state index in [0.29, 0.717) is 16.8 Å². The molecule has 0 atom stereocenters. The molecule has 0 saturated heterocycles. The van der Waals surface area contributed by atoms with Crippen molar-refractivity contribution in [1.82, 2.24) is 19.7 Å². The van der Waals surface area contributed by atoms with Crippen LogP contribution in [0.5, 0.6) is 0 Å². The highest BCUT2D eigenvalue weighted by Crippen LogP contribution is 2.15. The molecule has 0 spiro atoms. The van der Waals surface area contributed by atoms with Gasteiger partial charge < -0.3 is 10.2 Å². The Morgan fingerprint density at radius 1 is 1.08 bits per heavy atom. The van der Waals surface area contributed by atoms with Gasteiger partial charge in [0, 0.05) is 44.0 Å². The molecule has 0 saturated carbocycles. The second-order valence-corrected chi connectivity index (χ2v) is 5.64. The van der Waals surface area contributed by atoms with Gasteiger partial charge in [-0.15, -0.1) is 0 Å². The second-order valence-electron chi connectivity index (χ2n) is 5.64. The number of amides is 2. The summed E-state index contributed by atoms with van der Waals surface area (Å²) in [5, 5.41) is 7.70. The third kappa shape index (κ3) is 2.96. The number of carbonyl (C=O) groups excluding carboxylic acids is 2. The van der Waals surface area contributed by atoms with Crippen LogP contribution in [0.15, 0.2) is 42.7 Å². The number of nitrogens with one attached hydrogen (secondary N) is 1. The molecule has 2 heterocycles. The van der Waals surface area contributed by atoms with Gasteiger partial charge in [0.15, 0.2) is 5.65 Å². The molecule has 122 valence electrons. The van der Waals surface area contributed by atoms with Gasteiger partial charge in [-0.25, -0.2) is 4.98 Å². The van der Waals surface area contributed by atoms with E-state index >= 15 is 0 Å². The molecule has 7 heteroatoms. The number of fused-ring (bicyclic) bond motifs is 1. The van der Waals surface area contributed by atoms with Gasteiger partial charge in [-0.3, -0.25) is 14.3 Å². The Labute approximate surface area is 138 Å². The van der Waals surface area contributed by atoms with E-state index in [4.69, 9.17) is 0 Å². The van der Waals surface area contributed by atoms with Gasteiger partial charge in [0.25, 0.3) is 11.8 Å². The first-order valence-electron chi connectivity index (χ1n) is 7.36. The number of aromatic nitrogens is 3. The highest BCUT2D eigenvalue weighted by Gasteiger charge is 2.11. The van der Waals surface area contributed by atoms with Crippen LogP contribution in [-0.2, 0) is 7.05 Å². The monoisotopic (exact) mass is 323 g/mol. The predicted octanol–water partition coefficient (Wildman–Crippen LogP) is 1.92. The third-order valence-electron chi connectivity index (χ3n) is 3.63. The van der Waals surface area contributed by atoms with E-state index in [0.717, 1.165) is 11.0 Å². The molecule has 0 bridgehead atoms. The van der Waals surface area contributed by atoms with Crippen molar-refractivity contribution in [2.45, 2.75) is 0 Å². The van der Waals surface area contributed by atoms with Crippen LogP contribution in [0, 0.1) is 0 Å². The Hall–Kier alpha value is -3.22. The van der Waals surface area contributed by atoms with Crippen molar-refractivity contribution in [3.8, 4) is 0 Å². The molecule has 0 fully saturated rings. The molecule has 1 aromatic carbocycles. The van der Waals surface area contributed by atoms with Crippen molar-refractivity contribution in [3.05, 3.63) is 53.9 Å². The molecule has 2 aromatic heterocycles. The minimum absolute atomic E-state index is 0.0842. The lowest BCUT2D eigenvalue weighted by atomic mass is 10.1. The molecule has 0 radical (unpaired) electrons. The zero-order chi connectivity index (χ0) is 17.3. The first kappa shape index (κ1) is 15.7. The van der Waals surface area contributed by atoms with Crippen molar-refractivity contribution in [1.29, 1.82) is 0 Å². The number of hydrogen-bond acceptors (Lipinski definition) is 4. The van der Waals surface area contributed by atoms with E-state index in [1.807, 2.05) is 0 Å². The van der Waals surface area contributed by atoms with Crippen LogP contribution in [0.3, 0.4) is 0 Å². The van der Waals surface area contributed by atoms with Gasteiger partial charge in [-0.2, -0.15) is 5.10 Å². The van der Waals surface area contributed by atoms with Gasteiger partial charge in [-0.1, -0.05) is 0 Å². The zero-order valence-electron chi connectivity index (χ0n) is 13.6. The minimum atomic E-state index is -0.264. The fourth-order valence-corrected chi connectivity index (χ4v) is 2.33. The molecule has 7 nitrogen and oxygen atoms in total. The molecule has 0 aliphatic carbocycles. The molecule has 0 aliphatic rings. The van der Waals surface area contributed by atoms with Gasteiger partial charge in [0.1, 0.15) is 0 Å². The molecule has 3 rings (SSSR count). The van der Waals surface area contributed by atoms with Crippen LogP contribution in [0.1, 0.15) is 20.7 Å². The topological polar surface area (TPSA) is 80.1 Å². The van der Waals surface area contributed by atoms with Crippen LogP contribution in [0.2, 0.25) is 0 Å². The van der Waals surface area contributed by atoms with Crippen LogP contribution < -0.4 is 5.32 Å². The Bertz CT molecular complexity index is 912. The number of rotatable bonds is 3. The summed E-state index contributed by atoms with van der Waals surface area (Å²) >= 11 is 0. The number of anilines is 1. The number of pyridine rings is 1. The lowest BCUT2D eigenvalue weighted by Gasteiger charge is -2.11. The SMILES string of the molecule is CN(C)C(=O)c1ccc(NC(=O)c2cnc3c(cnn3C)c2)cc1. The van der Waals surface area contributed by atoms with E-state index in [-0.39, 0.29) is 11.8 Å². The van der Waals surface area contributed by atoms with Gasteiger partial charge in [0.2, 0.25) is 0 Å². The summed E-state index contributed by atoms with van der Waals surface area (Å²) < 4.78 is 1.65. The maximum Gasteiger partial charge on any atom is 0.257 e. The normalized spacial score (nSPS) is 10.6. The molecule has 0 unspecified atom stereocenters. The number of nitrogens with zero attached hydrogens (tertiary/aromatic N) is 4. The van der Waals surface area contributed by atoms with Crippen LogP contribution in [0.25, 0.3) is 11.0 Å². The highest BCUT2D eigenvalue weighted by molar-refractivity contribution is 6.05. The molecule has 3 aromatic rings. The van der Waals surface area contributed by atoms with Crippen molar-refractivity contribution < 1.29 is 9.59 Å². The molecular formula is C17H17N5O2. The fourth-order valence-electron chi connectivity index (χ4n) is 2.33. The molecule has 24 heavy (non-hydrogen) atoms. The summed E-state index contributed by atoms with van der Waals surface area (Å²) in [6.45, 7) is 0. The molecule has 2 amide bonds. The smallest absolute Gasteiger partial charge is 0.257 e. The quantitative estimate of drug-likeness (QED) is 0.798. The van der Waals surface area contributed by atoms with Crippen molar-refractivity contribution in [2.24, 2.45) is 7.05 Å². The third-order valence-corrected chi connectivity index (χ3v) is 3.63. The lowest BCUT2D eigenvalue weighted by Crippen LogP contribution is -2.21. The van der Waals surface area contributed by atoms with E-state index in [9.17, 15) is 9.59 Å². The second kappa shape index (κ2) is 6.11. The summed E-state index contributed by atoms with van der Waals surface area (Å²) in [6, 6.07) is 8.50. The standard InChI is InChI=1S/C17H17N5O2/c1-21(2)17(24)11-4-6-14(7-5-11)20-16(23)13-8-12-10-19-22(3)15(12)18-9-13/h4-10H,1-3H3,(H,20,23). The summed E-state index contributed by atoms with van der Waals surface area (Å²) in [5.74, 6) is -0.348. The first-order chi connectivity index (χ1) is 11.5. The van der Waals surface area contributed by atoms with Crippen LogP contribution in [-0.4, -0.2) is 45.6 Å². The van der Waals surface area contributed by atoms with Crippen LogP contribution >= 0.6 is 0 Å². The summed E-state index contributed by atoms with van der Waals surface area (Å²) in [5.41, 5.74) is 2.35. The van der Waals surface area contributed by atoms with Crippen LogP contribution in [0.4, 0.5) is 5.69 Å². The van der Waals surface area contributed by atoms with E-state index in [1.54, 1.807) is 62.4 Å². The van der Waals surface area contributed by atoms with Gasteiger partial charge in [0.05, 0.1) is 11.8 Å². The molecule has 0 aliphatic heterocycles. The van der Waals surface area contributed by atoms with Crippen molar-refractivity contribution in [2.75, 3.05) is 19.4 Å². The lowest BCUT2D eigenvalue weighted by molar-refractivity contribution is 0.0827. The summed E-state index contributed by atoms with van der Waals surface area (Å²) in [7, 11) is 5.19. The van der Waals surface area contributed by atoms with Crippen molar-refractivity contribution in [3.63, 3.8) is 0 Å². The van der Waals surface area contributed by atoms with E-state index in [2.05, 4.69) is 15.4 Å². The highest BCUT2D eigenvalue weighted by atomic mass is 16.2.